The van der Waals surface area contributed by atoms with Crippen molar-refractivity contribution in [2.75, 3.05) is 16.8 Å². The van der Waals surface area contributed by atoms with Gasteiger partial charge in [0.2, 0.25) is 0 Å². The van der Waals surface area contributed by atoms with Crippen LogP contribution in [0.25, 0.3) is 5.65 Å². The topological polar surface area (TPSA) is 111 Å². The van der Waals surface area contributed by atoms with E-state index in [0.717, 1.165) is 30.5 Å². The summed E-state index contributed by atoms with van der Waals surface area (Å²) in [5.41, 5.74) is 2.48. The number of nitriles is 1. The van der Waals surface area contributed by atoms with Crippen molar-refractivity contribution in [3.8, 4) is 6.07 Å². The quantitative estimate of drug-likeness (QED) is 0.593. The molecule has 0 radical (unpaired) electrons. The van der Waals surface area contributed by atoms with Crippen molar-refractivity contribution >= 4 is 23.1 Å². The van der Waals surface area contributed by atoms with E-state index in [9.17, 15) is 20.0 Å². The first-order valence-corrected chi connectivity index (χ1v) is 11.7. The van der Waals surface area contributed by atoms with Crippen molar-refractivity contribution in [3.05, 3.63) is 69.1 Å². The average molecular weight is 458 g/mol. The largest absolute Gasteiger partial charge is 0.478 e. The fraction of sp³-hybridized carbons (Fsp3) is 0.385. The smallest absolute Gasteiger partial charge is 0.337 e. The van der Waals surface area contributed by atoms with Crippen molar-refractivity contribution in [3.63, 3.8) is 0 Å². The average Bonchev–Trinajstić information content (AvgIpc) is 2.84. The molecule has 1 aromatic carbocycles. The predicted octanol–water partition coefficient (Wildman–Crippen LogP) is 4.12. The molecule has 4 heterocycles. The van der Waals surface area contributed by atoms with Gasteiger partial charge in [-0.15, -0.1) is 0 Å². The molecule has 174 valence electrons. The minimum atomic E-state index is -1.01. The molecule has 1 aliphatic carbocycles. The lowest BCUT2D eigenvalue weighted by atomic mass is 9.80. The fourth-order valence-electron chi connectivity index (χ4n) is 5.45. The number of rotatable bonds is 5. The first-order valence-electron chi connectivity index (χ1n) is 11.7. The van der Waals surface area contributed by atoms with Crippen LogP contribution >= 0.6 is 0 Å². The minimum absolute atomic E-state index is 0.0819. The van der Waals surface area contributed by atoms with Crippen LogP contribution in [0.1, 0.15) is 65.7 Å². The van der Waals surface area contributed by atoms with E-state index in [1.54, 1.807) is 30.5 Å². The molecule has 3 aliphatic rings. The van der Waals surface area contributed by atoms with Crippen LogP contribution in [0.5, 0.6) is 0 Å². The Bertz CT molecular complexity index is 1380. The van der Waals surface area contributed by atoms with Crippen molar-refractivity contribution in [2.45, 2.75) is 51.6 Å². The second-order valence-corrected chi connectivity index (χ2v) is 9.44. The first-order chi connectivity index (χ1) is 16.4. The van der Waals surface area contributed by atoms with Crippen LogP contribution in [0.3, 0.4) is 0 Å². The number of hydrogen-bond acceptors (Lipinski definition) is 6. The number of aromatic nitrogens is 2. The van der Waals surface area contributed by atoms with E-state index in [1.165, 1.54) is 17.2 Å². The van der Waals surface area contributed by atoms with Gasteiger partial charge in [-0.2, -0.15) is 5.26 Å². The maximum atomic E-state index is 13.4. The molecule has 34 heavy (non-hydrogen) atoms. The van der Waals surface area contributed by atoms with Crippen molar-refractivity contribution in [2.24, 2.45) is 5.92 Å². The summed E-state index contributed by atoms with van der Waals surface area (Å²) in [7, 11) is 0. The summed E-state index contributed by atoms with van der Waals surface area (Å²) >= 11 is 0. The molecule has 1 atom stereocenters. The molecular formula is C26H27N5O3. The number of carboxylic acid groups (broad SMARTS) is 1. The minimum Gasteiger partial charge on any atom is -0.478 e. The molecule has 3 fully saturated rings. The van der Waals surface area contributed by atoms with Gasteiger partial charge in [-0.25, -0.2) is 9.78 Å². The number of para-hydroxylation sites is 1. The van der Waals surface area contributed by atoms with Gasteiger partial charge in [-0.3, -0.25) is 9.20 Å². The summed E-state index contributed by atoms with van der Waals surface area (Å²) in [6.45, 7) is 4.63. The lowest BCUT2D eigenvalue weighted by Crippen LogP contribution is -2.49. The van der Waals surface area contributed by atoms with E-state index in [4.69, 9.17) is 4.98 Å². The second kappa shape index (κ2) is 8.49. The molecule has 8 nitrogen and oxygen atoms in total. The second-order valence-electron chi connectivity index (χ2n) is 9.44. The number of aromatic carboxylic acids is 1. The van der Waals surface area contributed by atoms with Gasteiger partial charge in [-0.1, -0.05) is 12.1 Å². The molecule has 1 saturated carbocycles. The van der Waals surface area contributed by atoms with Crippen LogP contribution in [0, 0.1) is 24.2 Å². The summed E-state index contributed by atoms with van der Waals surface area (Å²) < 4.78 is 1.45. The van der Waals surface area contributed by atoms with E-state index in [2.05, 4.69) is 16.3 Å². The van der Waals surface area contributed by atoms with Crippen LogP contribution in [0.15, 0.2) is 41.3 Å². The molecule has 0 spiro atoms. The highest BCUT2D eigenvalue weighted by Gasteiger charge is 2.36. The highest BCUT2D eigenvalue weighted by atomic mass is 16.4. The molecule has 8 heteroatoms. The lowest BCUT2D eigenvalue weighted by Gasteiger charge is -2.46. The summed E-state index contributed by atoms with van der Waals surface area (Å²) in [5, 5.41) is 22.7. The zero-order valence-electron chi connectivity index (χ0n) is 19.3. The zero-order valence-corrected chi connectivity index (χ0v) is 19.3. The number of hydrogen-bond donors (Lipinski definition) is 2. The molecule has 2 aliphatic heterocycles. The van der Waals surface area contributed by atoms with E-state index >= 15 is 0 Å². The van der Waals surface area contributed by atoms with Crippen molar-refractivity contribution < 1.29 is 9.90 Å². The molecule has 3 aromatic rings. The van der Waals surface area contributed by atoms with E-state index in [0.29, 0.717) is 29.1 Å². The zero-order chi connectivity index (χ0) is 24.0. The van der Waals surface area contributed by atoms with Gasteiger partial charge in [0.25, 0.3) is 5.56 Å². The summed E-state index contributed by atoms with van der Waals surface area (Å²) in [4.78, 5) is 32.2. The van der Waals surface area contributed by atoms with E-state index in [-0.39, 0.29) is 22.7 Å². The number of nitrogens with one attached hydrogen (secondary N) is 1. The van der Waals surface area contributed by atoms with Crippen molar-refractivity contribution in [1.82, 2.24) is 9.38 Å². The lowest BCUT2D eigenvalue weighted by molar-refractivity contribution is 0.0698. The predicted molar refractivity (Wildman–Crippen MR) is 129 cm³/mol. The Hall–Kier alpha value is -3.86. The van der Waals surface area contributed by atoms with Gasteiger partial charge in [-0.05, 0) is 69.2 Å². The van der Waals surface area contributed by atoms with Crippen LogP contribution in [-0.2, 0) is 0 Å². The number of carboxylic acids is 1. The standard InChI is InChI=1S/C26H27N5O3/c1-15-11-20(16(2)28-22-6-4-3-5-19(22)26(33)34)23-29-24(21(12-27)25(32)31(23)13-15)30-14-17-7-9-18(30)10-8-17/h3-6,11,13,16-18,28H,7-10,14H2,1-2H3,(H,33,34). The highest BCUT2D eigenvalue weighted by molar-refractivity contribution is 5.94. The van der Waals surface area contributed by atoms with Gasteiger partial charge in [0.1, 0.15) is 11.7 Å². The Balaban J connectivity index is 1.64. The maximum Gasteiger partial charge on any atom is 0.337 e. The molecular weight excluding hydrogens is 430 g/mol. The SMILES string of the molecule is Cc1cc(C(C)Nc2ccccc2C(=O)O)c2nc(N3CC4CCC3CC4)c(C#N)c(=O)n2c1. The van der Waals surface area contributed by atoms with Crippen LogP contribution in [0.4, 0.5) is 11.5 Å². The van der Waals surface area contributed by atoms with Gasteiger partial charge in [0.15, 0.2) is 11.4 Å². The summed E-state index contributed by atoms with van der Waals surface area (Å²) in [6.07, 6.45) is 6.19. The number of piperidine rings is 2. The molecule has 0 amide bonds. The molecule has 2 saturated heterocycles. The van der Waals surface area contributed by atoms with E-state index in [1.807, 2.05) is 19.9 Å². The first kappa shape index (κ1) is 22.0. The van der Waals surface area contributed by atoms with Crippen molar-refractivity contribution in [1.29, 1.82) is 5.26 Å². The van der Waals surface area contributed by atoms with E-state index < -0.39 is 5.97 Å². The third kappa shape index (κ3) is 3.67. The van der Waals surface area contributed by atoms with Crippen LogP contribution in [-0.4, -0.2) is 33.0 Å². The number of aryl methyl sites for hydroxylation is 1. The third-order valence-electron chi connectivity index (χ3n) is 7.16. The van der Waals surface area contributed by atoms with Gasteiger partial charge in [0.05, 0.1) is 11.6 Å². The summed E-state index contributed by atoms with van der Waals surface area (Å²) in [6, 6.07) is 10.8. The number of carbonyl (C=O) groups is 1. The number of fused-ring (bicyclic) bond motifs is 4. The molecule has 2 N–H and O–H groups in total. The van der Waals surface area contributed by atoms with Crippen LogP contribution < -0.4 is 15.8 Å². The number of pyridine rings is 1. The fourth-order valence-corrected chi connectivity index (χ4v) is 5.45. The molecule has 2 bridgehead atoms. The summed E-state index contributed by atoms with van der Waals surface area (Å²) in [5.74, 6) is 0.0346. The Morgan fingerprint density at radius 1 is 1.26 bits per heavy atom. The Kier molecular flexibility index (Phi) is 5.48. The number of nitrogens with zero attached hydrogens (tertiary/aromatic N) is 4. The van der Waals surface area contributed by atoms with Crippen LogP contribution in [0.2, 0.25) is 0 Å². The third-order valence-corrected chi connectivity index (χ3v) is 7.16. The van der Waals surface area contributed by atoms with Gasteiger partial charge < -0.3 is 15.3 Å². The van der Waals surface area contributed by atoms with Gasteiger partial charge in [0, 0.05) is 30.0 Å². The Morgan fingerprint density at radius 2 is 2.00 bits per heavy atom. The number of anilines is 2. The molecule has 6 rings (SSSR count). The van der Waals surface area contributed by atoms with Gasteiger partial charge >= 0.3 is 5.97 Å². The Morgan fingerprint density at radius 3 is 2.65 bits per heavy atom. The highest BCUT2D eigenvalue weighted by Crippen LogP contribution is 2.38. The molecule has 2 aromatic heterocycles. The Labute approximate surface area is 197 Å². The molecule has 1 unspecified atom stereocenters. The normalized spacial score (nSPS) is 20.2. The number of benzene rings is 1. The monoisotopic (exact) mass is 457 g/mol. The maximum absolute atomic E-state index is 13.4.